The molecule has 0 bridgehead atoms. The van der Waals surface area contributed by atoms with Crippen LogP contribution in [0.25, 0.3) is 11.2 Å². The maximum absolute atomic E-state index is 13.2. The van der Waals surface area contributed by atoms with Crippen LogP contribution in [-0.4, -0.2) is 51.3 Å². The second kappa shape index (κ2) is 10.3. The maximum Gasteiger partial charge on any atom is 0.251 e. The van der Waals surface area contributed by atoms with Crippen molar-refractivity contribution < 1.29 is 4.79 Å². The summed E-state index contributed by atoms with van der Waals surface area (Å²) in [6.45, 7) is 14.4. The van der Waals surface area contributed by atoms with Gasteiger partial charge in [-0.2, -0.15) is 0 Å². The van der Waals surface area contributed by atoms with Crippen LogP contribution in [0.5, 0.6) is 0 Å². The molecule has 0 aliphatic carbocycles. The molecule has 32 heavy (non-hydrogen) atoms. The number of likely N-dealkylation sites (tertiary alicyclic amines) is 1. The number of piperidine rings is 1. The number of aromatic nitrogens is 2. The lowest BCUT2D eigenvalue weighted by Crippen LogP contribution is -2.36. The molecule has 4 rings (SSSR count). The molecule has 2 aromatic heterocycles. The number of hydrogen-bond donors (Lipinski definition) is 0. The lowest BCUT2D eigenvalue weighted by atomic mass is 9.88. The van der Waals surface area contributed by atoms with E-state index in [4.69, 9.17) is 0 Å². The monoisotopic (exact) mass is 434 g/mol. The first-order valence-corrected chi connectivity index (χ1v) is 11.9. The number of pyridine rings is 1. The summed E-state index contributed by atoms with van der Waals surface area (Å²) >= 11 is 0. The number of imidazole rings is 1. The van der Waals surface area contributed by atoms with Gasteiger partial charge in [0.25, 0.3) is 5.91 Å². The summed E-state index contributed by atoms with van der Waals surface area (Å²) in [5, 5.41) is 0. The summed E-state index contributed by atoms with van der Waals surface area (Å²) in [5.74, 6) is 0.578. The van der Waals surface area contributed by atoms with Gasteiger partial charge >= 0.3 is 0 Å². The summed E-state index contributed by atoms with van der Waals surface area (Å²) in [6.07, 6.45) is 14.6. The molecular weight excluding hydrogens is 396 g/mol. The van der Waals surface area contributed by atoms with Crippen LogP contribution in [0, 0.1) is 19.8 Å². The molecule has 1 amide bonds. The van der Waals surface area contributed by atoms with Crippen molar-refractivity contribution in [2.75, 3.05) is 20.1 Å². The second-order valence-corrected chi connectivity index (χ2v) is 8.90. The molecule has 2 aliphatic rings. The maximum atomic E-state index is 13.2. The Morgan fingerprint density at radius 1 is 1.16 bits per heavy atom. The van der Waals surface area contributed by atoms with Gasteiger partial charge < -0.3 is 14.2 Å². The van der Waals surface area contributed by atoms with E-state index in [0.29, 0.717) is 5.92 Å². The molecule has 1 unspecified atom stereocenters. The second-order valence-electron chi connectivity index (χ2n) is 8.90. The first-order chi connectivity index (χ1) is 15.3. The van der Waals surface area contributed by atoms with E-state index in [9.17, 15) is 4.79 Å². The fourth-order valence-electron chi connectivity index (χ4n) is 4.46. The van der Waals surface area contributed by atoms with Crippen LogP contribution in [-0.2, 0) is 4.79 Å². The van der Waals surface area contributed by atoms with Crippen molar-refractivity contribution in [3.05, 3.63) is 65.3 Å². The van der Waals surface area contributed by atoms with E-state index in [2.05, 4.69) is 61.4 Å². The fraction of sp³-hybridized carbons (Fsp3) is 0.481. The Morgan fingerprint density at radius 3 is 2.53 bits per heavy atom. The van der Waals surface area contributed by atoms with Crippen molar-refractivity contribution in [2.45, 2.75) is 60.4 Å². The molecule has 5 nitrogen and oxygen atoms in total. The van der Waals surface area contributed by atoms with Gasteiger partial charge in [0.15, 0.2) is 0 Å². The summed E-state index contributed by atoms with van der Waals surface area (Å²) in [4.78, 5) is 22.0. The molecule has 172 valence electrons. The quantitative estimate of drug-likeness (QED) is 0.608. The van der Waals surface area contributed by atoms with E-state index in [-0.39, 0.29) is 11.9 Å². The number of allylic oxidation sites excluding steroid dienone is 3. The number of aryl methyl sites for hydroxylation is 2. The highest BCUT2D eigenvalue weighted by Gasteiger charge is 2.25. The Morgan fingerprint density at radius 2 is 1.84 bits per heavy atom. The standard InChI is InChI=1S/C25H32N4O.C2H6/c1-17(23-12-18(2)25-26-19(3)14-28(25)15-23)13-24(30)29-16-22(7-6-20(29)4)21-8-10-27(5)11-9-21;1-2/h6-7,12-16,20-21H,8-11H2,1-5H3;1-2H3/b17-13+;. The number of amides is 1. The highest BCUT2D eigenvalue weighted by molar-refractivity contribution is 5.96. The van der Waals surface area contributed by atoms with Crippen LogP contribution >= 0.6 is 0 Å². The highest BCUT2D eigenvalue weighted by atomic mass is 16.2. The zero-order valence-electron chi connectivity index (χ0n) is 20.7. The highest BCUT2D eigenvalue weighted by Crippen LogP contribution is 2.29. The SMILES string of the molecule is C/C(=C\C(=O)N1C=C(C2CCN(C)CC2)C=CC1C)c1cc(C)c2nc(C)cn2c1.CC. The van der Waals surface area contributed by atoms with Crippen LogP contribution in [0.3, 0.4) is 0 Å². The van der Waals surface area contributed by atoms with Crippen molar-refractivity contribution in [2.24, 2.45) is 5.92 Å². The summed E-state index contributed by atoms with van der Waals surface area (Å²) in [7, 11) is 2.18. The largest absolute Gasteiger partial charge is 0.309 e. The van der Waals surface area contributed by atoms with E-state index < -0.39 is 0 Å². The topological polar surface area (TPSA) is 40.9 Å². The molecule has 0 spiro atoms. The fourth-order valence-corrected chi connectivity index (χ4v) is 4.46. The first-order valence-electron chi connectivity index (χ1n) is 11.9. The van der Waals surface area contributed by atoms with Crippen LogP contribution in [0.2, 0.25) is 0 Å². The van der Waals surface area contributed by atoms with Gasteiger partial charge in [-0.25, -0.2) is 4.98 Å². The Bertz CT molecular complexity index is 1050. The van der Waals surface area contributed by atoms with E-state index in [0.717, 1.165) is 54.0 Å². The van der Waals surface area contributed by atoms with Gasteiger partial charge in [-0.15, -0.1) is 0 Å². The van der Waals surface area contributed by atoms with Gasteiger partial charge in [-0.1, -0.05) is 26.0 Å². The Kier molecular flexibility index (Phi) is 7.73. The van der Waals surface area contributed by atoms with Crippen LogP contribution in [0.4, 0.5) is 0 Å². The molecule has 4 heterocycles. The molecule has 0 N–H and O–H groups in total. The van der Waals surface area contributed by atoms with Gasteiger partial charge in [0.2, 0.25) is 0 Å². The van der Waals surface area contributed by atoms with Crippen LogP contribution < -0.4 is 0 Å². The number of carbonyl (C=O) groups is 1. The number of fused-ring (bicyclic) bond motifs is 1. The van der Waals surface area contributed by atoms with Crippen molar-refractivity contribution in [3.8, 4) is 0 Å². The number of hydrogen-bond acceptors (Lipinski definition) is 3. The van der Waals surface area contributed by atoms with E-state index in [1.54, 1.807) is 6.08 Å². The lowest BCUT2D eigenvalue weighted by Gasteiger charge is -2.33. The van der Waals surface area contributed by atoms with Crippen molar-refractivity contribution in [3.63, 3.8) is 0 Å². The number of rotatable bonds is 3. The van der Waals surface area contributed by atoms with Gasteiger partial charge in [0.05, 0.1) is 11.7 Å². The molecule has 2 aromatic rings. The zero-order valence-corrected chi connectivity index (χ0v) is 20.7. The number of carbonyl (C=O) groups excluding carboxylic acids is 1. The Labute approximate surface area is 193 Å². The van der Waals surface area contributed by atoms with E-state index in [1.807, 2.05) is 43.2 Å². The Balaban J connectivity index is 0.00000141. The van der Waals surface area contributed by atoms with Crippen molar-refractivity contribution in [1.82, 2.24) is 19.2 Å². The molecule has 1 saturated heterocycles. The van der Waals surface area contributed by atoms with E-state index >= 15 is 0 Å². The summed E-state index contributed by atoms with van der Waals surface area (Å²) in [6, 6.07) is 2.18. The molecule has 5 heteroatoms. The van der Waals surface area contributed by atoms with Crippen molar-refractivity contribution in [1.29, 1.82) is 0 Å². The summed E-state index contributed by atoms with van der Waals surface area (Å²) in [5.41, 5.74) is 6.37. The van der Waals surface area contributed by atoms with E-state index in [1.165, 1.54) is 5.57 Å². The average Bonchev–Trinajstić information content (AvgIpc) is 3.17. The minimum absolute atomic E-state index is 0.0364. The third-order valence-electron chi connectivity index (χ3n) is 6.39. The van der Waals surface area contributed by atoms with Gasteiger partial charge in [-0.05, 0) is 94.9 Å². The number of nitrogens with zero attached hydrogens (tertiary/aromatic N) is 4. The average molecular weight is 435 g/mol. The van der Waals surface area contributed by atoms with Crippen molar-refractivity contribution >= 4 is 17.1 Å². The predicted molar refractivity (Wildman–Crippen MR) is 133 cm³/mol. The molecule has 0 aromatic carbocycles. The lowest BCUT2D eigenvalue weighted by molar-refractivity contribution is -0.124. The van der Waals surface area contributed by atoms with Gasteiger partial charge in [0.1, 0.15) is 5.65 Å². The molecule has 0 saturated carbocycles. The van der Waals surface area contributed by atoms with Gasteiger partial charge in [-0.3, -0.25) is 4.79 Å². The molecule has 1 atom stereocenters. The molecule has 0 radical (unpaired) electrons. The van der Waals surface area contributed by atoms with Crippen LogP contribution in [0.1, 0.15) is 57.4 Å². The third-order valence-corrected chi connectivity index (χ3v) is 6.39. The minimum Gasteiger partial charge on any atom is -0.309 e. The van der Waals surface area contributed by atoms with Gasteiger partial charge in [0, 0.05) is 24.7 Å². The molecule has 2 aliphatic heterocycles. The summed E-state index contributed by atoms with van der Waals surface area (Å²) < 4.78 is 2.05. The zero-order chi connectivity index (χ0) is 23.4. The molecular formula is C27H38N4O. The minimum atomic E-state index is 0.0364. The Hall–Kier alpha value is -2.66. The third kappa shape index (κ3) is 5.21. The smallest absolute Gasteiger partial charge is 0.251 e. The molecule has 1 fully saturated rings. The predicted octanol–water partition coefficient (Wildman–Crippen LogP) is 5.39. The first kappa shape index (κ1) is 24.0. The normalized spacial score (nSPS) is 20.2. The van der Waals surface area contributed by atoms with Crippen LogP contribution in [0.15, 0.2) is 48.5 Å².